The number of piperazine rings is 1. The first-order valence-electron chi connectivity index (χ1n) is 9.55. The number of imidazole rings is 1. The highest BCUT2D eigenvalue weighted by molar-refractivity contribution is 5.76. The van der Waals surface area contributed by atoms with Gasteiger partial charge < -0.3 is 9.80 Å². The lowest BCUT2D eigenvalue weighted by atomic mass is 10.1. The van der Waals surface area contributed by atoms with Gasteiger partial charge in [-0.1, -0.05) is 44.2 Å². The van der Waals surface area contributed by atoms with Crippen molar-refractivity contribution in [3.63, 3.8) is 0 Å². The minimum absolute atomic E-state index is 0.258. The molecular weight excluding hydrogens is 338 g/mol. The Kier molecular flexibility index (Phi) is 4.79. The fourth-order valence-corrected chi connectivity index (χ4v) is 3.50. The molecule has 1 fully saturated rings. The van der Waals surface area contributed by atoms with Gasteiger partial charge in [0.05, 0.1) is 11.9 Å². The van der Waals surface area contributed by atoms with E-state index < -0.39 is 0 Å². The number of benzene rings is 1. The molecule has 0 N–H and O–H groups in total. The molecule has 1 aliphatic heterocycles. The molecule has 2 aromatic heterocycles. The molecule has 1 amide bonds. The molecule has 0 spiro atoms. The van der Waals surface area contributed by atoms with E-state index in [4.69, 9.17) is 5.10 Å². The first-order valence-corrected chi connectivity index (χ1v) is 9.55. The molecule has 0 atom stereocenters. The van der Waals surface area contributed by atoms with Crippen LogP contribution in [0.1, 0.15) is 20.3 Å². The van der Waals surface area contributed by atoms with Gasteiger partial charge in [0, 0.05) is 38.2 Å². The van der Waals surface area contributed by atoms with Gasteiger partial charge in [-0.2, -0.15) is 0 Å². The highest BCUT2D eigenvalue weighted by atomic mass is 16.2. The van der Waals surface area contributed by atoms with Crippen LogP contribution in [0.25, 0.3) is 16.9 Å². The Morgan fingerprint density at radius 2 is 1.78 bits per heavy atom. The van der Waals surface area contributed by atoms with Gasteiger partial charge in [0.1, 0.15) is 5.82 Å². The molecule has 3 heterocycles. The standard InChI is InChI=1S/C21H25N5O/c1-16(2)14-21(27)25-12-10-24(11-13-25)20-9-8-19-22-15-18(26(19)23-20)17-6-4-3-5-7-17/h3-9,15-16H,10-14H2,1-2H3. The second-order valence-corrected chi connectivity index (χ2v) is 7.44. The summed E-state index contributed by atoms with van der Waals surface area (Å²) >= 11 is 0. The Morgan fingerprint density at radius 3 is 2.48 bits per heavy atom. The van der Waals surface area contributed by atoms with E-state index in [9.17, 15) is 4.79 Å². The van der Waals surface area contributed by atoms with Crippen LogP contribution in [0.3, 0.4) is 0 Å². The number of aromatic nitrogens is 3. The molecule has 0 saturated carbocycles. The number of amides is 1. The van der Waals surface area contributed by atoms with Gasteiger partial charge in [-0.25, -0.2) is 9.50 Å². The highest BCUT2D eigenvalue weighted by Gasteiger charge is 2.22. The summed E-state index contributed by atoms with van der Waals surface area (Å²) in [5, 5.41) is 4.83. The number of anilines is 1. The lowest BCUT2D eigenvalue weighted by molar-refractivity contribution is -0.132. The van der Waals surface area contributed by atoms with Crippen molar-refractivity contribution in [2.24, 2.45) is 5.92 Å². The van der Waals surface area contributed by atoms with E-state index in [1.807, 2.05) is 45.9 Å². The lowest BCUT2D eigenvalue weighted by Crippen LogP contribution is -2.49. The number of carbonyl (C=O) groups is 1. The van der Waals surface area contributed by atoms with Gasteiger partial charge >= 0.3 is 0 Å². The Balaban J connectivity index is 1.53. The van der Waals surface area contributed by atoms with Crippen LogP contribution in [-0.2, 0) is 4.79 Å². The molecule has 0 unspecified atom stereocenters. The van der Waals surface area contributed by atoms with Crippen LogP contribution < -0.4 is 4.90 Å². The maximum atomic E-state index is 12.3. The van der Waals surface area contributed by atoms with E-state index in [0.29, 0.717) is 12.3 Å². The fourth-order valence-electron chi connectivity index (χ4n) is 3.50. The molecule has 3 aromatic rings. The monoisotopic (exact) mass is 363 g/mol. The fraction of sp³-hybridized carbons (Fsp3) is 0.381. The third kappa shape index (κ3) is 3.65. The molecule has 140 valence electrons. The van der Waals surface area contributed by atoms with Gasteiger partial charge in [-0.05, 0) is 18.1 Å². The van der Waals surface area contributed by atoms with Gasteiger partial charge in [0.2, 0.25) is 5.91 Å². The summed E-state index contributed by atoms with van der Waals surface area (Å²) in [7, 11) is 0. The molecule has 6 nitrogen and oxygen atoms in total. The Bertz CT molecular complexity index is 926. The van der Waals surface area contributed by atoms with Crippen LogP contribution in [0.2, 0.25) is 0 Å². The van der Waals surface area contributed by atoms with Crippen molar-refractivity contribution in [3.8, 4) is 11.3 Å². The quantitative estimate of drug-likeness (QED) is 0.715. The third-order valence-corrected chi connectivity index (χ3v) is 4.96. The van der Waals surface area contributed by atoms with Gasteiger partial charge in [0.25, 0.3) is 0 Å². The number of rotatable bonds is 4. The van der Waals surface area contributed by atoms with Crippen LogP contribution in [0.15, 0.2) is 48.7 Å². The van der Waals surface area contributed by atoms with E-state index >= 15 is 0 Å². The largest absolute Gasteiger partial charge is 0.352 e. The van der Waals surface area contributed by atoms with Crippen molar-refractivity contribution in [1.29, 1.82) is 0 Å². The zero-order valence-corrected chi connectivity index (χ0v) is 15.9. The Labute approximate surface area is 159 Å². The summed E-state index contributed by atoms with van der Waals surface area (Å²) < 4.78 is 1.90. The number of hydrogen-bond donors (Lipinski definition) is 0. The van der Waals surface area contributed by atoms with Crippen LogP contribution in [-0.4, -0.2) is 51.6 Å². The molecule has 1 saturated heterocycles. The topological polar surface area (TPSA) is 53.7 Å². The first-order chi connectivity index (χ1) is 13.1. The summed E-state index contributed by atoms with van der Waals surface area (Å²) in [5.41, 5.74) is 2.92. The molecule has 1 aromatic carbocycles. The van der Waals surface area contributed by atoms with Crippen LogP contribution in [0.5, 0.6) is 0 Å². The zero-order valence-electron chi connectivity index (χ0n) is 15.9. The van der Waals surface area contributed by atoms with Crippen molar-refractivity contribution in [3.05, 3.63) is 48.7 Å². The molecule has 27 heavy (non-hydrogen) atoms. The number of carbonyl (C=O) groups excluding carboxylic acids is 1. The predicted octanol–water partition coefficient (Wildman–Crippen LogP) is 3.09. The van der Waals surface area contributed by atoms with Crippen LogP contribution in [0.4, 0.5) is 5.82 Å². The van der Waals surface area contributed by atoms with Gasteiger partial charge in [0.15, 0.2) is 5.65 Å². The normalized spacial score (nSPS) is 14.9. The van der Waals surface area contributed by atoms with E-state index in [-0.39, 0.29) is 5.91 Å². The summed E-state index contributed by atoms with van der Waals surface area (Å²) in [5.74, 6) is 1.58. The molecule has 0 radical (unpaired) electrons. The number of hydrogen-bond acceptors (Lipinski definition) is 4. The average molecular weight is 363 g/mol. The smallest absolute Gasteiger partial charge is 0.222 e. The number of fused-ring (bicyclic) bond motifs is 1. The van der Waals surface area contributed by atoms with Crippen molar-refractivity contribution in [1.82, 2.24) is 19.5 Å². The predicted molar refractivity (Wildman–Crippen MR) is 107 cm³/mol. The third-order valence-electron chi connectivity index (χ3n) is 4.96. The SMILES string of the molecule is CC(C)CC(=O)N1CCN(c2ccc3ncc(-c4ccccc4)n3n2)CC1. The molecular formula is C21H25N5O. The summed E-state index contributed by atoms with van der Waals surface area (Å²) in [6.07, 6.45) is 2.49. The molecule has 0 bridgehead atoms. The Morgan fingerprint density at radius 1 is 1.04 bits per heavy atom. The highest BCUT2D eigenvalue weighted by Crippen LogP contribution is 2.22. The van der Waals surface area contributed by atoms with Crippen molar-refractivity contribution in [2.45, 2.75) is 20.3 Å². The second-order valence-electron chi connectivity index (χ2n) is 7.44. The van der Waals surface area contributed by atoms with E-state index in [2.05, 4.69) is 35.9 Å². The van der Waals surface area contributed by atoms with E-state index in [1.54, 1.807) is 0 Å². The first kappa shape index (κ1) is 17.5. The van der Waals surface area contributed by atoms with Crippen molar-refractivity contribution < 1.29 is 4.79 Å². The minimum atomic E-state index is 0.258. The molecule has 1 aliphatic rings. The zero-order chi connectivity index (χ0) is 18.8. The van der Waals surface area contributed by atoms with Crippen LogP contribution in [0, 0.1) is 5.92 Å². The second kappa shape index (κ2) is 7.39. The molecule has 4 rings (SSSR count). The number of nitrogens with zero attached hydrogens (tertiary/aromatic N) is 5. The van der Waals surface area contributed by atoms with Crippen molar-refractivity contribution in [2.75, 3.05) is 31.1 Å². The average Bonchev–Trinajstić information content (AvgIpc) is 3.11. The van der Waals surface area contributed by atoms with E-state index in [0.717, 1.165) is 48.9 Å². The van der Waals surface area contributed by atoms with Gasteiger partial charge in [-0.3, -0.25) is 4.79 Å². The summed E-state index contributed by atoms with van der Waals surface area (Å²) in [6, 6.07) is 14.2. The van der Waals surface area contributed by atoms with Gasteiger partial charge in [-0.15, -0.1) is 5.10 Å². The maximum Gasteiger partial charge on any atom is 0.222 e. The maximum absolute atomic E-state index is 12.3. The summed E-state index contributed by atoms with van der Waals surface area (Å²) in [6.45, 7) is 7.28. The lowest BCUT2D eigenvalue weighted by Gasteiger charge is -2.35. The van der Waals surface area contributed by atoms with E-state index in [1.165, 1.54) is 0 Å². The van der Waals surface area contributed by atoms with Crippen molar-refractivity contribution >= 4 is 17.4 Å². The molecule has 6 heteroatoms. The summed E-state index contributed by atoms with van der Waals surface area (Å²) in [4.78, 5) is 21.0. The van der Waals surface area contributed by atoms with Crippen LogP contribution >= 0.6 is 0 Å². The molecule has 0 aliphatic carbocycles. The minimum Gasteiger partial charge on any atom is -0.352 e. The Hall–Kier alpha value is -2.89.